The summed E-state index contributed by atoms with van der Waals surface area (Å²) < 4.78 is 0. The number of nitrogens with one attached hydrogen (secondary N) is 1. The molecule has 2 N–H and O–H groups in total. The molecule has 0 radical (unpaired) electrons. The topological polar surface area (TPSA) is 90.0 Å². The smallest absolute Gasteiger partial charge is 0.331 e. The fourth-order valence-electron chi connectivity index (χ4n) is 4.25. The van der Waals surface area contributed by atoms with Crippen molar-refractivity contribution >= 4 is 17.8 Å². The van der Waals surface area contributed by atoms with E-state index in [0.717, 1.165) is 19.4 Å². The van der Waals surface area contributed by atoms with Crippen molar-refractivity contribution in [3.8, 4) is 0 Å². The molecule has 0 aromatic heterocycles. The van der Waals surface area contributed by atoms with E-state index in [1.54, 1.807) is 18.0 Å². The summed E-state index contributed by atoms with van der Waals surface area (Å²) in [5.41, 5.74) is 0.201. The molecule has 1 heterocycles. The van der Waals surface area contributed by atoms with E-state index >= 15 is 0 Å². The lowest BCUT2D eigenvalue weighted by atomic mass is 9.91. The van der Waals surface area contributed by atoms with Crippen molar-refractivity contribution in [2.24, 2.45) is 17.8 Å². The van der Waals surface area contributed by atoms with Crippen LogP contribution in [-0.4, -0.2) is 70.4 Å². The second kappa shape index (κ2) is 11.7. The molecule has 7 heteroatoms. The number of likely N-dealkylation sites (tertiary alicyclic amines) is 1. The average Bonchev–Trinajstić information content (AvgIpc) is 2.67. The van der Waals surface area contributed by atoms with Crippen molar-refractivity contribution in [3.05, 3.63) is 11.6 Å². The number of carboxylic acid groups (broad SMARTS) is 1. The van der Waals surface area contributed by atoms with Crippen LogP contribution in [0.1, 0.15) is 68.2 Å². The van der Waals surface area contributed by atoms with Gasteiger partial charge < -0.3 is 15.3 Å². The first-order valence-electron chi connectivity index (χ1n) is 11.5. The molecule has 0 aromatic carbocycles. The molecule has 1 rings (SSSR count). The van der Waals surface area contributed by atoms with Gasteiger partial charge in [0.1, 0.15) is 6.04 Å². The molecule has 178 valence electrons. The molecule has 7 nitrogen and oxygen atoms in total. The Morgan fingerprint density at radius 3 is 2.10 bits per heavy atom. The number of likely N-dealkylation sites (N-methyl/N-ethyl adjacent to an activating group) is 1. The fourth-order valence-corrected chi connectivity index (χ4v) is 4.25. The van der Waals surface area contributed by atoms with E-state index in [1.807, 2.05) is 27.7 Å². The molecule has 1 fully saturated rings. The molecule has 0 aliphatic carbocycles. The number of hydrogen-bond acceptors (Lipinski definition) is 4. The van der Waals surface area contributed by atoms with E-state index in [1.165, 1.54) is 6.92 Å². The highest BCUT2D eigenvalue weighted by Gasteiger charge is 2.37. The lowest BCUT2D eigenvalue weighted by Crippen LogP contribution is -2.59. The summed E-state index contributed by atoms with van der Waals surface area (Å²) in [6.45, 7) is 16.6. The Hall–Kier alpha value is -1.89. The van der Waals surface area contributed by atoms with Crippen LogP contribution < -0.4 is 5.32 Å². The standard InChI is InChI=1S/C24H43N3O4/c1-14(2)20(12-18(8)24(30)31)26(9)23(29)21(15(3)4)25-22(28)19-11-10-17(7)13-27(19)16(5)6/h12,14-17,19-21H,10-11,13H2,1-9H3,(H,25,28)(H,30,31)/t17-,19-,20-,21+/m1/s1. The lowest BCUT2D eigenvalue weighted by Gasteiger charge is -2.41. The minimum absolute atomic E-state index is 0.0306. The predicted octanol–water partition coefficient (Wildman–Crippen LogP) is 3.15. The van der Waals surface area contributed by atoms with Crippen LogP contribution in [0.25, 0.3) is 0 Å². The molecule has 1 aliphatic heterocycles. The average molecular weight is 438 g/mol. The summed E-state index contributed by atoms with van der Waals surface area (Å²) >= 11 is 0. The number of carboxylic acids is 1. The fraction of sp³-hybridized carbons (Fsp3) is 0.792. The molecule has 4 atom stereocenters. The van der Waals surface area contributed by atoms with Gasteiger partial charge in [-0.1, -0.05) is 40.7 Å². The van der Waals surface area contributed by atoms with E-state index in [4.69, 9.17) is 0 Å². The van der Waals surface area contributed by atoms with Crippen molar-refractivity contribution in [1.82, 2.24) is 15.1 Å². The Balaban J connectivity index is 3.06. The molecule has 0 bridgehead atoms. The van der Waals surface area contributed by atoms with Gasteiger partial charge in [-0.05, 0) is 51.4 Å². The van der Waals surface area contributed by atoms with Gasteiger partial charge in [0.2, 0.25) is 11.8 Å². The van der Waals surface area contributed by atoms with Crippen molar-refractivity contribution in [2.75, 3.05) is 13.6 Å². The molecule has 2 amide bonds. The summed E-state index contributed by atoms with van der Waals surface area (Å²) in [5.74, 6) is -0.804. The molecule has 1 saturated heterocycles. The van der Waals surface area contributed by atoms with E-state index in [2.05, 4.69) is 31.0 Å². The first-order valence-corrected chi connectivity index (χ1v) is 11.5. The van der Waals surface area contributed by atoms with Gasteiger partial charge >= 0.3 is 5.97 Å². The van der Waals surface area contributed by atoms with Gasteiger partial charge in [-0.15, -0.1) is 0 Å². The predicted molar refractivity (Wildman–Crippen MR) is 124 cm³/mol. The Kier molecular flexibility index (Phi) is 10.2. The molecule has 0 aromatic rings. The van der Waals surface area contributed by atoms with Crippen molar-refractivity contribution in [1.29, 1.82) is 0 Å². The molecule has 31 heavy (non-hydrogen) atoms. The van der Waals surface area contributed by atoms with Gasteiger partial charge in [-0.25, -0.2) is 4.79 Å². The number of hydrogen-bond donors (Lipinski definition) is 2. The molecule has 0 spiro atoms. The largest absolute Gasteiger partial charge is 0.478 e. The van der Waals surface area contributed by atoms with Crippen LogP contribution in [0.4, 0.5) is 0 Å². The number of piperidine rings is 1. The van der Waals surface area contributed by atoms with Crippen LogP contribution in [0.5, 0.6) is 0 Å². The zero-order valence-corrected chi connectivity index (χ0v) is 20.8. The zero-order valence-electron chi connectivity index (χ0n) is 20.8. The van der Waals surface area contributed by atoms with E-state index in [-0.39, 0.29) is 47.3 Å². The van der Waals surface area contributed by atoms with Crippen molar-refractivity contribution in [3.63, 3.8) is 0 Å². The Labute approximate surface area is 188 Å². The number of carbonyl (C=O) groups is 3. The normalized spacial score (nSPS) is 22.5. The van der Waals surface area contributed by atoms with Gasteiger partial charge in [0.25, 0.3) is 0 Å². The maximum absolute atomic E-state index is 13.4. The van der Waals surface area contributed by atoms with Gasteiger partial charge in [0.05, 0.1) is 12.1 Å². The molecular weight excluding hydrogens is 394 g/mol. The number of nitrogens with zero attached hydrogens (tertiary/aromatic N) is 2. The van der Waals surface area contributed by atoms with E-state index < -0.39 is 12.0 Å². The third kappa shape index (κ3) is 7.34. The van der Waals surface area contributed by atoms with Crippen LogP contribution in [0.3, 0.4) is 0 Å². The first-order chi connectivity index (χ1) is 14.3. The van der Waals surface area contributed by atoms with Crippen molar-refractivity contribution in [2.45, 2.75) is 92.4 Å². The quantitative estimate of drug-likeness (QED) is 0.541. The van der Waals surface area contributed by atoms with Crippen LogP contribution in [0.2, 0.25) is 0 Å². The van der Waals surface area contributed by atoms with Gasteiger partial charge in [-0.3, -0.25) is 14.5 Å². The summed E-state index contributed by atoms with van der Waals surface area (Å²) in [5, 5.41) is 12.3. The van der Waals surface area contributed by atoms with Crippen molar-refractivity contribution < 1.29 is 19.5 Å². The second-order valence-corrected chi connectivity index (χ2v) is 10.1. The second-order valence-electron chi connectivity index (χ2n) is 10.1. The third-order valence-electron chi connectivity index (χ3n) is 6.29. The number of aliphatic carboxylic acids is 1. The third-order valence-corrected chi connectivity index (χ3v) is 6.29. The van der Waals surface area contributed by atoms with Crippen LogP contribution in [0.15, 0.2) is 11.6 Å². The maximum atomic E-state index is 13.4. The summed E-state index contributed by atoms with van der Waals surface area (Å²) in [6.07, 6.45) is 3.40. The molecular formula is C24H43N3O4. The molecule has 0 saturated carbocycles. The Morgan fingerprint density at radius 1 is 1.06 bits per heavy atom. The van der Waals surface area contributed by atoms with Gasteiger partial charge in [-0.2, -0.15) is 0 Å². The number of amides is 2. The Bertz CT molecular complexity index is 672. The van der Waals surface area contributed by atoms with Gasteiger partial charge in [0.15, 0.2) is 0 Å². The molecule has 1 aliphatic rings. The first kappa shape index (κ1) is 27.1. The Morgan fingerprint density at radius 2 is 1.65 bits per heavy atom. The summed E-state index contributed by atoms with van der Waals surface area (Å²) in [7, 11) is 1.68. The number of carbonyl (C=O) groups excluding carboxylic acids is 2. The zero-order chi connectivity index (χ0) is 24.0. The van der Waals surface area contributed by atoms with E-state index in [9.17, 15) is 19.5 Å². The minimum Gasteiger partial charge on any atom is -0.478 e. The summed E-state index contributed by atoms with van der Waals surface area (Å²) in [4.78, 5) is 41.7. The SMILES string of the molecule is CC(=C[C@H](C(C)C)N(C)C(=O)[C@@H](NC(=O)[C@H]1CC[C@@H](C)CN1C(C)C)C(C)C)C(=O)O. The van der Waals surface area contributed by atoms with Crippen LogP contribution in [-0.2, 0) is 14.4 Å². The summed E-state index contributed by atoms with van der Waals surface area (Å²) in [6, 6.07) is -1.01. The number of rotatable bonds is 9. The molecule has 0 unspecified atom stereocenters. The minimum atomic E-state index is -1.000. The van der Waals surface area contributed by atoms with E-state index in [0.29, 0.717) is 5.92 Å². The monoisotopic (exact) mass is 437 g/mol. The highest BCUT2D eigenvalue weighted by atomic mass is 16.4. The highest BCUT2D eigenvalue weighted by molar-refractivity contribution is 5.90. The highest BCUT2D eigenvalue weighted by Crippen LogP contribution is 2.24. The van der Waals surface area contributed by atoms with Crippen LogP contribution in [0, 0.1) is 17.8 Å². The van der Waals surface area contributed by atoms with Crippen LogP contribution >= 0.6 is 0 Å². The van der Waals surface area contributed by atoms with Gasteiger partial charge in [0, 0.05) is 25.2 Å². The maximum Gasteiger partial charge on any atom is 0.331 e. The lowest BCUT2D eigenvalue weighted by molar-refractivity contribution is -0.140.